The van der Waals surface area contributed by atoms with Crippen molar-refractivity contribution in [1.82, 2.24) is 5.32 Å². The molecule has 0 fully saturated rings. The fraction of sp³-hybridized carbons (Fsp3) is 0.600. The molecule has 0 aliphatic heterocycles. The molecule has 0 saturated heterocycles. The number of unbranched alkanes of at least 4 members (excludes halogenated alkanes) is 1. The van der Waals surface area contributed by atoms with Crippen LogP contribution < -0.4 is 10.1 Å². The van der Waals surface area contributed by atoms with Crippen LogP contribution in [0.25, 0.3) is 0 Å². The summed E-state index contributed by atoms with van der Waals surface area (Å²) in [6, 6.07) is 6.27. The Morgan fingerprint density at radius 1 is 1.06 bits per heavy atom. The summed E-state index contributed by atoms with van der Waals surface area (Å²) in [7, 11) is 0. The average Bonchev–Trinajstić information content (AvgIpc) is 2.31. The molecule has 1 aromatic rings. The Hall–Kier alpha value is -1.02. The highest BCUT2D eigenvalue weighted by Crippen LogP contribution is 2.22. The molecule has 1 N–H and O–H groups in total. The largest absolute Gasteiger partial charge is 0.493 e. The van der Waals surface area contributed by atoms with Gasteiger partial charge < -0.3 is 10.1 Å². The highest BCUT2D eigenvalue weighted by molar-refractivity contribution is 5.39. The maximum absolute atomic E-state index is 5.83. The second-order valence-electron chi connectivity index (χ2n) is 4.53. The molecule has 0 unspecified atom stereocenters. The standard InChI is InChI=1S/C15H25NO/c1-4-5-10-16-11-7-12-17-15-13(2)8-6-9-14(15)3/h6,8-9,16H,4-5,7,10-12H2,1-3H3. The van der Waals surface area contributed by atoms with Gasteiger partial charge in [-0.3, -0.25) is 0 Å². The Morgan fingerprint density at radius 3 is 2.35 bits per heavy atom. The molecular formula is C15H25NO. The summed E-state index contributed by atoms with van der Waals surface area (Å²) < 4.78 is 5.83. The molecule has 0 aliphatic rings. The van der Waals surface area contributed by atoms with Crippen molar-refractivity contribution in [2.75, 3.05) is 19.7 Å². The van der Waals surface area contributed by atoms with E-state index in [0.29, 0.717) is 0 Å². The number of para-hydroxylation sites is 1. The average molecular weight is 235 g/mol. The topological polar surface area (TPSA) is 21.3 Å². The summed E-state index contributed by atoms with van der Waals surface area (Å²) in [5.41, 5.74) is 2.45. The van der Waals surface area contributed by atoms with Crippen LogP contribution in [-0.4, -0.2) is 19.7 Å². The fourth-order valence-corrected chi connectivity index (χ4v) is 1.83. The maximum atomic E-state index is 5.83. The lowest BCUT2D eigenvalue weighted by molar-refractivity contribution is 0.304. The van der Waals surface area contributed by atoms with Gasteiger partial charge in [0.2, 0.25) is 0 Å². The molecule has 2 heteroatoms. The first kappa shape index (κ1) is 14.0. The van der Waals surface area contributed by atoms with Crippen LogP contribution in [0.4, 0.5) is 0 Å². The number of nitrogens with one attached hydrogen (secondary N) is 1. The van der Waals surface area contributed by atoms with Gasteiger partial charge in [-0.1, -0.05) is 31.5 Å². The van der Waals surface area contributed by atoms with Gasteiger partial charge in [-0.15, -0.1) is 0 Å². The first-order valence-corrected chi connectivity index (χ1v) is 6.65. The van der Waals surface area contributed by atoms with Crippen LogP contribution in [0.5, 0.6) is 5.75 Å². The van der Waals surface area contributed by atoms with Crippen LogP contribution in [0.3, 0.4) is 0 Å². The summed E-state index contributed by atoms with van der Waals surface area (Å²) in [6.45, 7) is 9.38. The monoisotopic (exact) mass is 235 g/mol. The fourth-order valence-electron chi connectivity index (χ4n) is 1.83. The molecule has 0 saturated carbocycles. The lowest BCUT2D eigenvalue weighted by atomic mass is 10.1. The quantitative estimate of drug-likeness (QED) is 0.697. The molecular weight excluding hydrogens is 210 g/mol. The number of rotatable bonds is 8. The zero-order valence-corrected chi connectivity index (χ0v) is 11.4. The third-order valence-corrected chi connectivity index (χ3v) is 2.86. The van der Waals surface area contributed by atoms with Gasteiger partial charge in [0.15, 0.2) is 0 Å². The van der Waals surface area contributed by atoms with Crippen LogP contribution >= 0.6 is 0 Å². The van der Waals surface area contributed by atoms with E-state index in [9.17, 15) is 0 Å². The summed E-state index contributed by atoms with van der Waals surface area (Å²) in [5.74, 6) is 1.06. The van der Waals surface area contributed by atoms with Gasteiger partial charge in [0.1, 0.15) is 5.75 Å². The molecule has 1 rings (SSSR count). The number of hydrogen-bond donors (Lipinski definition) is 1. The lowest BCUT2D eigenvalue weighted by Gasteiger charge is -2.12. The Labute approximate surface area is 105 Å². The minimum atomic E-state index is 0.796. The molecule has 0 heterocycles. The van der Waals surface area contributed by atoms with Crippen molar-refractivity contribution >= 4 is 0 Å². The molecule has 96 valence electrons. The molecule has 0 aliphatic carbocycles. The predicted molar refractivity (Wildman–Crippen MR) is 73.8 cm³/mol. The van der Waals surface area contributed by atoms with Crippen LogP contribution in [0.15, 0.2) is 18.2 Å². The molecule has 0 amide bonds. The van der Waals surface area contributed by atoms with E-state index in [1.165, 1.54) is 24.0 Å². The van der Waals surface area contributed by atoms with Crippen LogP contribution in [0.2, 0.25) is 0 Å². The Kier molecular flexibility index (Phi) is 6.71. The van der Waals surface area contributed by atoms with E-state index in [4.69, 9.17) is 4.74 Å². The minimum absolute atomic E-state index is 0.796. The Balaban J connectivity index is 2.18. The van der Waals surface area contributed by atoms with E-state index < -0.39 is 0 Å². The number of benzene rings is 1. The summed E-state index contributed by atoms with van der Waals surface area (Å²) >= 11 is 0. The van der Waals surface area contributed by atoms with E-state index >= 15 is 0 Å². The third kappa shape index (κ3) is 5.22. The van der Waals surface area contributed by atoms with Gasteiger partial charge in [-0.2, -0.15) is 0 Å². The maximum Gasteiger partial charge on any atom is 0.125 e. The summed E-state index contributed by atoms with van der Waals surface area (Å²) in [5, 5.41) is 3.42. The molecule has 1 aromatic carbocycles. The van der Waals surface area contributed by atoms with E-state index in [1.807, 2.05) is 0 Å². The highest BCUT2D eigenvalue weighted by Gasteiger charge is 2.02. The number of ether oxygens (including phenoxy) is 1. The van der Waals surface area contributed by atoms with E-state index in [0.717, 1.165) is 31.9 Å². The van der Waals surface area contributed by atoms with Gasteiger partial charge in [-0.25, -0.2) is 0 Å². The van der Waals surface area contributed by atoms with Crippen molar-refractivity contribution in [1.29, 1.82) is 0 Å². The van der Waals surface area contributed by atoms with Crippen molar-refractivity contribution < 1.29 is 4.74 Å². The SMILES string of the molecule is CCCCNCCCOc1c(C)cccc1C. The van der Waals surface area contributed by atoms with Crippen LogP contribution in [0, 0.1) is 13.8 Å². The molecule has 2 nitrogen and oxygen atoms in total. The molecule has 0 spiro atoms. The van der Waals surface area contributed by atoms with Crippen molar-refractivity contribution in [3.8, 4) is 5.75 Å². The van der Waals surface area contributed by atoms with Gasteiger partial charge in [0, 0.05) is 0 Å². The summed E-state index contributed by atoms with van der Waals surface area (Å²) in [6.07, 6.45) is 3.58. The van der Waals surface area contributed by atoms with Crippen molar-refractivity contribution in [2.24, 2.45) is 0 Å². The zero-order valence-electron chi connectivity index (χ0n) is 11.4. The molecule has 0 atom stereocenters. The summed E-state index contributed by atoms with van der Waals surface area (Å²) in [4.78, 5) is 0. The predicted octanol–water partition coefficient (Wildman–Crippen LogP) is 3.46. The second-order valence-corrected chi connectivity index (χ2v) is 4.53. The molecule has 17 heavy (non-hydrogen) atoms. The first-order valence-electron chi connectivity index (χ1n) is 6.65. The van der Waals surface area contributed by atoms with Crippen molar-refractivity contribution in [3.05, 3.63) is 29.3 Å². The van der Waals surface area contributed by atoms with E-state index in [-0.39, 0.29) is 0 Å². The Bertz CT molecular complexity index is 302. The minimum Gasteiger partial charge on any atom is -0.493 e. The highest BCUT2D eigenvalue weighted by atomic mass is 16.5. The third-order valence-electron chi connectivity index (χ3n) is 2.86. The smallest absolute Gasteiger partial charge is 0.125 e. The molecule has 0 radical (unpaired) electrons. The zero-order chi connectivity index (χ0) is 12.5. The van der Waals surface area contributed by atoms with E-state index in [2.05, 4.69) is 44.3 Å². The number of aryl methyl sites for hydroxylation is 2. The number of hydrogen-bond acceptors (Lipinski definition) is 2. The van der Waals surface area contributed by atoms with Crippen LogP contribution in [-0.2, 0) is 0 Å². The van der Waals surface area contributed by atoms with Crippen molar-refractivity contribution in [3.63, 3.8) is 0 Å². The molecule has 0 aromatic heterocycles. The van der Waals surface area contributed by atoms with Gasteiger partial charge in [0.05, 0.1) is 6.61 Å². The first-order chi connectivity index (χ1) is 8.25. The van der Waals surface area contributed by atoms with Crippen molar-refractivity contribution in [2.45, 2.75) is 40.0 Å². The van der Waals surface area contributed by atoms with E-state index in [1.54, 1.807) is 0 Å². The normalized spacial score (nSPS) is 10.5. The second kappa shape index (κ2) is 8.13. The van der Waals surface area contributed by atoms with Crippen LogP contribution in [0.1, 0.15) is 37.3 Å². The molecule has 0 bridgehead atoms. The lowest BCUT2D eigenvalue weighted by Crippen LogP contribution is -2.18. The van der Waals surface area contributed by atoms with Gasteiger partial charge in [-0.05, 0) is 50.9 Å². The van der Waals surface area contributed by atoms with Gasteiger partial charge in [0.25, 0.3) is 0 Å². The van der Waals surface area contributed by atoms with Gasteiger partial charge >= 0.3 is 0 Å². The Morgan fingerprint density at radius 2 is 1.71 bits per heavy atom.